The molecular weight excluding hydrogens is 320 g/mol. The van der Waals surface area contributed by atoms with E-state index in [4.69, 9.17) is 16.3 Å². The second-order valence-electron chi connectivity index (χ2n) is 4.93. The van der Waals surface area contributed by atoms with Gasteiger partial charge in [0.05, 0.1) is 0 Å². The maximum absolute atomic E-state index is 11.8. The molecule has 7 heteroatoms. The smallest absolute Gasteiger partial charge is 0.325 e. The van der Waals surface area contributed by atoms with Crippen molar-refractivity contribution in [1.29, 1.82) is 0 Å². The fourth-order valence-electron chi connectivity index (χ4n) is 1.81. The molecule has 1 aromatic rings. The van der Waals surface area contributed by atoms with E-state index >= 15 is 0 Å². The Morgan fingerprint density at radius 3 is 2.30 bits per heavy atom. The van der Waals surface area contributed by atoms with Crippen LogP contribution in [-0.2, 0) is 14.3 Å². The molecule has 0 saturated carbocycles. The van der Waals surface area contributed by atoms with Crippen LogP contribution in [0.2, 0.25) is 5.02 Å². The second-order valence-corrected chi connectivity index (χ2v) is 5.37. The maximum Gasteiger partial charge on any atom is 0.325 e. The van der Waals surface area contributed by atoms with E-state index in [0.717, 1.165) is 12.8 Å². The van der Waals surface area contributed by atoms with Crippen molar-refractivity contribution in [2.24, 2.45) is 0 Å². The fraction of sp³-hybridized carbons (Fsp3) is 0.438. The number of hydrogen-bond donors (Lipinski definition) is 2. The fourth-order valence-corrected chi connectivity index (χ4v) is 1.94. The van der Waals surface area contributed by atoms with Crippen LogP contribution in [0.4, 0.5) is 0 Å². The number of carbonyl (C=O) groups excluding carboxylic acids is 3. The summed E-state index contributed by atoms with van der Waals surface area (Å²) in [7, 11) is 0. The molecule has 0 atom stereocenters. The molecule has 0 radical (unpaired) electrons. The van der Waals surface area contributed by atoms with Crippen LogP contribution in [0.5, 0.6) is 0 Å². The van der Waals surface area contributed by atoms with Gasteiger partial charge in [-0.1, -0.05) is 25.4 Å². The molecular formula is C16H21ClN2O4. The molecule has 6 nitrogen and oxygen atoms in total. The van der Waals surface area contributed by atoms with Gasteiger partial charge in [-0.2, -0.15) is 0 Å². The molecule has 2 amide bonds. The lowest BCUT2D eigenvalue weighted by Gasteiger charge is -2.14. The molecule has 0 aromatic heterocycles. The Morgan fingerprint density at radius 2 is 1.74 bits per heavy atom. The van der Waals surface area contributed by atoms with E-state index in [9.17, 15) is 14.4 Å². The molecule has 0 aliphatic heterocycles. The SMILES string of the molecule is CCC(CC)NC(=O)COC(=O)CNC(=O)c1ccc(Cl)cc1. The molecule has 0 aliphatic rings. The lowest BCUT2D eigenvalue weighted by atomic mass is 10.2. The third-order valence-corrected chi connectivity index (χ3v) is 3.47. The van der Waals surface area contributed by atoms with Crippen LogP contribution in [0.15, 0.2) is 24.3 Å². The van der Waals surface area contributed by atoms with Crippen molar-refractivity contribution in [2.45, 2.75) is 32.7 Å². The van der Waals surface area contributed by atoms with Crippen molar-refractivity contribution in [3.63, 3.8) is 0 Å². The average molecular weight is 341 g/mol. The summed E-state index contributed by atoms with van der Waals surface area (Å²) in [4.78, 5) is 34.9. The van der Waals surface area contributed by atoms with E-state index in [-0.39, 0.29) is 25.1 Å². The van der Waals surface area contributed by atoms with Crippen LogP contribution in [-0.4, -0.2) is 37.0 Å². The molecule has 0 bridgehead atoms. The van der Waals surface area contributed by atoms with E-state index in [1.807, 2.05) is 13.8 Å². The van der Waals surface area contributed by atoms with Crippen LogP contribution < -0.4 is 10.6 Å². The average Bonchev–Trinajstić information content (AvgIpc) is 2.56. The maximum atomic E-state index is 11.8. The molecule has 1 rings (SSSR count). The molecule has 1 aromatic carbocycles. The Balaban J connectivity index is 2.30. The molecule has 0 aliphatic carbocycles. The third-order valence-electron chi connectivity index (χ3n) is 3.21. The number of esters is 1. The van der Waals surface area contributed by atoms with Gasteiger partial charge >= 0.3 is 5.97 Å². The monoisotopic (exact) mass is 340 g/mol. The number of rotatable bonds is 8. The van der Waals surface area contributed by atoms with Gasteiger partial charge < -0.3 is 15.4 Å². The Bertz CT molecular complexity index is 542. The lowest BCUT2D eigenvalue weighted by Crippen LogP contribution is -2.38. The predicted molar refractivity (Wildman–Crippen MR) is 87.3 cm³/mol. The number of halogens is 1. The molecule has 0 heterocycles. The Labute approximate surface area is 140 Å². The van der Waals surface area contributed by atoms with Gasteiger partial charge in [-0.25, -0.2) is 0 Å². The third kappa shape index (κ3) is 7.15. The summed E-state index contributed by atoms with van der Waals surface area (Å²) < 4.78 is 4.81. The molecule has 0 fully saturated rings. The second kappa shape index (κ2) is 9.84. The molecule has 0 unspecified atom stereocenters. The van der Waals surface area contributed by atoms with Crippen LogP contribution in [0.1, 0.15) is 37.0 Å². The first-order chi connectivity index (χ1) is 11.0. The van der Waals surface area contributed by atoms with Gasteiger partial charge in [0.15, 0.2) is 6.61 Å². The van der Waals surface area contributed by atoms with Crippen molar-refractivity contribution < 1.29 is 19.1 Å². The van der Waals surface area contributed by atoms with Crippen LogP contribution >= 0.6 is 11.6 Å². The minimum atomic E-state index is -0.674. The minimum absolute atomic E-state index is 0.0748. The van der Waals surface area contributed by atoms with E-state index in [2.05, 4.69) is 10.6 Å². The number of benzene rings is 1. The first-order valence-electron chi connectivity index (χ1n) is 7.45. The van der Waals surface area contributed by atoms with E-state index in [0.29, 0.717) is 10.6 Å². The molecule has 0 spiro atoms. The number of nitrogens with one attached hydrogen (secondary N) is 2. The summed E-state index contributed by atoms with van der Waals surface area (Å²) in [5.41, 5.74) is 0.383. The summed E-state index contributed by atoms with van der Waals surface area (Å²) in [6.07, 6.45) is 1.63. The van der Waals surface area contributed by atoms with Gasteiger partial charge in [-0.05, 0) is 37.1 Å². The highest BCUT2D eigenvalue weighted by Crippen LogP contribution is 2.09. The van der Waals surface area contributed by atoms with Gasteiger partial charge in [0.25, 0.3) is 11.8 Å². The summed E-state index contributed by atoms with van der Waals surface area (Å²) in [5, 5.41) is 5.69. The van der Waals surface area contributed by atoms with Crippen LogP contribution in [0.3, 0.4) is 0 Å². The number of amides is 2. The van der Waals surface area contributed by atoms with Crippen LogP contribution in [0.25, 0.3) is 0 Å². The van der Waals surface area contributed by atoms with E-state index in [1.54, 1.807) is 24.3 Å². The van der Waals surface area contributed by atoms with E-state index in [1.165, 1.54) is 0 Å². The zero-order chi connectivity index (χ0) is 17.2. The normalized spacial score (nSPS) is 10.3. The Kier molecular flexibility index (Phi) is 8.11. The highest BCUT2D eigenvalue weighted by Gasteiger charge is 2.12. The topological polar surface area (TPSA) is 84.5 Å². The zero-order valence-corrected chi connectivity index (χ0v) is 14.0. The minimum Gasteiger partial charge on any atom is -0.454 e. The largest absolute Gasteiger partial charge is 0.454 e. The van der Waals surface area contributed by atoms with Crippen molar-refractivity contribution in [3.05, 3.63) is 34.9 Å². The van der Waals surface area contributed by atoms with Gasteiger partial charge in [0, 0.05) is 16.6 Å². The van der Waals surface area contributed by atoms with Gasteiger partial charge in [0.1, 0.15) is 6.54 Å². The summed E-state index contributed by atoms with van der Waals surface area (Å²) in [6.45, 7) is 3.27. The van der Waals surface area contributed by atoms with Crippen molar-refractivity contribution >= 4 is 29.4 Å². The van der Waals surface area contributed by atoms with Gasteiger partial charge in [-0.15, -0.1) is 0 Å². The summed E-state index contributed by atoms with van der Waals surface area (Å²) >= 11 is 5.73. The zero-order valence-electron chi connectivity index (χ0n) is 13.2. The molecule has 2 N–H and O–H groups in total. The lowest BCUT2D eigenvalue weighted by molar-refractivity contribution is -0.147. The standard InChI is InChI=1S/C16H21ClN2O4/c1-3-13(4-2)19-14(20)10-23-15(21)9-18-16(22)11-5-7-12(17)8-6-11/h5-8,13H,3-4,9-10H2,1-2H3,(H,18,22)(H,19,20). The first kappa shape index (κ1) is 19.0. The summed E-state index contributed by atoms with van der Waals surface area (Å²) in [5.74, 6) is -1.44. The quantitative estimate of drug-likeness (QED) is 0.708. The Morgan fingerprint density at radius 1 is 1.13 bits per heavy atom. The molecule has 23 heavy (non-hydrogen) atoms. The van der Waals surface area contributed by atoms with Crippen molar-refractivity contribution in [2.75, 3.05) is 13.2 Å². The highest BCUT2D eigenvalue weighted by molar-refractivity contribution is 6.30. The van der Waals surface area contributed by atoms with Crippen molar-refractivity contribution in [1.82, 2.24) is 10.6 Å². The predicted octanol–water partition coefficient (Wildman–Crippen LogP) is 1.92. The molecule has 0 saturated heterocycles. The van der Waals surface area contributed by atoms with E-state index < -0.39 is 11.9 Å². The summed E-state index contributed by atoms with van der Waals surface area (Å²) in [6, 6.07) is 6.33. The number of ether oxygens (including phenoxy) is 1. The first-order valence-corrected chi connectivity index (χ1v) is 7.82. The number of hydrogen-bond acceptors (Lipinski definition) is 4. The molecule has 126 valence electrons. The van der Waals surface area contributed by atoms with Gasteiger partial charge in [0.2, 0.25) is 0 Å². The Hall–Kier alpha value is -2.08. The van der Waals surface area contributed by atoms with Crippen LogP contribution in [0, 0.1) is 0 Å². The van der Waals surface area contributed by atoms with Crippen molar-refractivity contribution in [3.8, 4) is 0 Å². The number of carbonyl (C=O) groups is 3. The van der Waals surface area contributed by atoms with Gasteiger partial charge in [-0.3, -0.25) is 14.4 Å². The highest BCUT2D eigenvalue weighted by atomic mass is 35.5.